The molecule has 0 radical (unpaired) electrons. The number of nitrogens with zero attached hydrogens (tertiary/aromatic N) is 1. The Hall–Kier alpha value is -2.44. The van der Waals surface area contributed by atoms with E-state index in [1.165, 1.54) is 6.20 Å². The molecule has 3 aromatic rings. The fraction of sp³-hybridized carbons (Fsp3) is 0.0833. The van der Waals surface area contributed by atoms with Crippen molar-refractivity contribution in [1.82, 2.24) is 15.2 Å². The lowest BCUT2D eigenvalue weighted by molar-refractivity contribution is -0.137. The number of nitrogens with two attached hydrogens (primary N) is 1. The van der Waals surface area contributed by atoms with Crippen molar-refractivity contribution in [1.29, 1.82) is 0 Å². The first-order valence-corrected chi connectivity index (χ1v) is 5.44. The SMILES string of the molecule is Nc1cn[nH]c1-c1cc(C(F)(F)F)cc2[nH]ccc12. The predicted molar refractivity (Wildman–Crippen MR) is 65.3 cm³/mol. The Bertz CT molecular complexity index is 739. The number of alkyl halides is 3. The molecule has 2 heterocycles. The second-order valence-corrected chi connectivity index (χ2v) is 4.16. The minimum absolute atomic E-state index is 0.307. The van der Waals surface area contributed by atoms with Crippen LogP contribution < -0.4 is 5.73 Å². The van der Waals surface area contributed by atoms with E-state index < -0.39 is 11.7 Å². The Morgan fingerprint density at radius 3 is 2.63 bits per heavy atom. The van der Waals surface area contributed by atoms with Crippen LogP contribution in [0.2, 0.25) is 0 Å². The Morgan fingerprint density at radius 1 is 1.21 bits per heavy atom. The number of anilines is 1. The van der Waals surface area contributed by atoms with Crippen LogP contribution in [0.15, 0.2) is 30.6 Å². The van der Waals surface area contributed by atoms with Gasteiger partial charge in [0.15, 0.2) is 0 Å². The van der Waals surface area contributed by atoms with Gasteiger partial charge < -0.3 is 10.7 Å². The molecule has 1 aromatic carbocycles. The highest BCUT2D eigenvalue weighted by Crippen LogP contribution is 2.37. The summed E-state index contributed by atoms with van der Waals surface area (Å²) in [5.41, 5.74) is 6.45. The molecule has 3 rings (SSSR count). The topological polar surface area (TPSA) is 70.5 Å². The molecule has 0 saturated heterocycles. The number of nitrogen functional groups attached to an aromatic ring is 1. The van der Waals surface area contributed by atoms with Crippen LogP contribution in [0.4, 0.5) is 18.9 Å². The van der Waals surface area contributed by atoms with E-state index in [9.17, 15) is 13.2 Å². The third-order valence-corrected chi connectivity index (χ3v) is 2.93. The molecule has 4 N–H and O–H groups in total. The van der Waals surface area contributed by atoms with Crippen LogP contribution in [0, 0.1) is 0 Å². The fourth-order valence-corrected chi connectivity index (χ4v) is 2.05. The molecule has 0 aliphatic rings. The first kappa shape index (κ1) is 11.6. The summed E-state index contributed by atoms with van der Waals surface area (Å²) < 4.78 is 38.6. The normalized spacial score (nSPS) is 12.2. The minimum Gasteiger partial charge on any atom is -0.396 e. The van der Waals surface area contributed by atoms with Crippen molar-refractivity contribution in [2.75, 3.05) is 5.73 Å². The van der Waals surface area contributed by atoms with Crippen molar-refractivity contribution in [2.45, 2.75) is 6.18 Å². The number of hydrogen-bond acceptors (Lipinski definition) is 2. The van der Waals surface area contributed by atoms with Crippen molar-refractivity contribution in [2.24, 2.45) is 0 Å². The smallest absolute Gasteiger partial charge is 0.396 e. The second kappa shape index (κ2) is 3.78. The standard InChI is InChI=1S/C12H9F3N4/c13-12(14,15)6-3-8(11-9(16)5-18-19-11)7-1-2-17-10(7)4-6/h1-5,17H,16H2,(H,18,19). The van der Waals surface area contributed by atoms with Crippen LogP contribution >= 0.6 is 0 Å². The molecule has 0 spiro atoms. The van der Waals surface area contributed by atoms with E-state index in [-0.39, 0.29) is 0 Å². The number of aromatic nitrogens is 3. The molecule has 0 unspecified atom stereocenters. The molecular formula is C12H9F3N4. The number of halogens is 3. The molecule has 0 saturated carbocycles. The summed E-state index contributed by atoms with van der Waals surface area (Å²) >= 11 is 0. The van der Waals surface area contributed by atoms with Crippen molar-refractivity contribution in [3.05, 3.63) is 36.2 Å². The minimum atomic E-state index is -4.41. The number of rotatable bonds is 1. The van der Waals surface area contributed by atoms with Gasteiger partial charge >= 0.3 is 6.18 Å². The van der Waals surface area contributed by atoms with Gasteiger partial charge in [-0.1, -0.05) is 0 Å². The Labute approximate surface area is 105 Å². The van der Waals surface area contributed by atoms with E-state index in [2.05, 4.69) is 15.2 Å². The van der Waals surface area contributed by atoms with Gasteiger partial charge in [0.05, 0.1) is 23.1 Å². The Balaban J connectivity index is 2.34. The van der Waals surface area contributed by atoms with Gasteiger partial charge in [0, 0.05) is 22.7 Å². The molecule has 0 bridgehead atoms. The molecule has 4 nitrogen and oxygen atoms in total. The maximum Gasteiger partial charge on any atom is 0.416 e. The number of aromatic amines is 2. The van der Waals surface area contributed by atoms with Crippen LogP contribution in [0.5, 0.6) is 0 Å². The fourth-order valence-electron chi connectivity index (χ4n) is 2.05. The summed E-state index contributed by atoms with van der Waals surface area (Å²) in [5, 5.41) is 7.02. The van der Waals surface area contributed by atoms with Crippen molar-refractivity contribution < 1.29 is 13.2 Å². The first-order valence-electron chi connectivity index (χ1n) is 5.44. The zero-order valence-electron chi connectivity index (χ0n) is 9.55. The van der Waals surface area contributed by atoms with E-state index in [1.54, 1.807) is 12.3 Å². The zero-order chi connectivity index (χ0) is 13.6. The summed E-state index contributed by atoms with van der Waals surface area (Å²) in [4.78, 5) is 2.78. The Morgan fingerprint density at radius 2 is 2.00 bits per heavy atom. The molecular weight excluding hydrogens is 257 g/mol. The third kappa shape index (κ3) is 1.83. The van der Waals surface area contributed by atoms with Gasteiger partial charge in [-0.3, -0.25) is 5.10 Å². The molecule has 0 fully saturated rings. The van der Waals surface area contributed by atoms with E-state index in [0.29, 0.717) is 27.8 Å². The third-order valence-electron chi connectivity index (χ3n) is 2.93. The van der Waals surface area contributed by atoms with E-state index in [1.807, 2.05) is 0 Å². The molecule has 0 aliphatic carbocycles. The predicted octanol–water partition coefficient (Wildman–Crippen LogP) is 3.16. The number of hydrogen-bond donors (Lipinski definition) is 3. The quantitative estimate of drug-likeness (QED) is 0.633. The van der Waals surface area contributed by atoms with Gasteiger partial charge in [0.25, 0.3) is 0 Å². The highest BCUT2D eigenvalue weighted by atomic mass is 19.4. The van der Waals surface area contributed by atoms with Crippen molar-refractivity contribution >= 4 is 16.6 Å². The highest BCUT2D eigenvalue weighted by Gasteiger charge is 2.32. The van der Waals surface area contributed by atoms with E-state index in [4.69, 9.17) is 5.73 Å². The number of benzene rings is 1. The molecule has 98 valence electrons. The first-order chi connectivity index (χ1) is 8.97. The Kier molecular flexibility index (Phi) is 2.31. The summed E-state index contributed by atoms with van der Waals surface area (Å²) in [6.07, 6.45) is -1.46. The maximum absolute atomic E-state index is 12.9. The van der Waals surface area contributed by atoms with E-state index in [0.717, 1.165) is 12.1 Å². The monoisotopic (exact) mass is 266 g/mol. The molecule has 2 aromatic heterocycles. The largest absolute Gasteiger partial charge is 0.416 e. The van der Waals surface area contributed by atoms with Gasteiger partial charge in [0.1, 0.15) is 0 Å². The van der Waals surface area contributed by atoms with Crippen molar-refractivity contribution in [3.8, 4) is 11.3 Å². The molecule has 7 heteroatoms. The van der Waals surface area contributed by atoms with Gasteiger partial charge in [-0.15, -0.1) is 0 Å². The van der Waals surface area contributed by atoms with Gasteiger partial charge in [-0.25, -0.2) is 0 Å². The average Bonchev–Trinajstić information content (AvgIpc) is 2.94. The lowest BCUT2D eigenvalue weighted by Gasteiger charge is -2.10. The summed E-state index contributed by atoms with van der Waals surface area (Å²) in [7, 11) is 0. The molecule has 19 heavy (non-hydrogen) atoms. The number of fused-ring (bicyclic) bond motifs is 1. The summed E-state index contributed by atoms with van der Waals surface area (Å²) in [5.74, 6) is 0. The number of H-pyrrole nitrogens is 2. The lowest BCUT2D eigenvalue weighted by Crippen LogP contribution is -2.05. The van der Waals surface area contributed by atoms with Gasteiger partial charge in [0.2, 0.25) is 0 Å². The van der Waals surface area contributed by atoms with Crippen LogP contribution in [0.1, 0.15) is 5.56 Å². The van der Waals surface area contributed by atoms with Crippen molar-refractivity contribution in [3.63, 3.8) is 0 Å². The maximum atomic E-state index is 12.9. The molecule has 0 amide bonds. The number of nitrogens with one attached hydrogen (secondary N) is 2. The van der Waals surface area contributed by atoms with Crippen LogP contribution in [-0.4, -0.2) is 15.2 Å². The van der Waals surface area contributed by atoms with Crippen LogP contribution in [0.25, 0.3) is 22.2 Å². The molecule has 0 aliphatic heterocycles. The van der Waals surface area contributed by atoms with Gasteiger partial charge in [-0.05, 0) is 18.2 Å². The van der Waals surface area contributed by atoms with E-state index >= 15 is 0 Å². The zero-order valence-corrected chi connectivity index (χ0v) is 9.55. The average molecular weight is 266 g/mol. The second-order valence-electron chi connectivity index (χ2n) is 4.16. The highest BCUT2D eigenvalue weighted by molar-refractivity contribution is 5.97. The van der Waals surface area contributed by atoms with Crippen LogP contribution in [0.3, 0.4) is 0 Å². The lowest BCUT2D eigenvalue weighted by atomic mass is 10.0. The summed E-state index contributed by atoms with van der Waals surface area (Å²) in [6, 6.07) is 3.84. The molecule has 0 atom stereocenters. The summed E-state index contributed by atoms with van der Waals surface area (Å²) in [6.45, 7) is 0. The van der Waals surface area contributed by atoms with Gasteiger partial charge in [-0.2, -0.15) is 18.3 Å². The van der Waals surface area contributed by atoms with Crippen LogP contribution in [-0.2, 0) is 6.18 Å².